The van der Waals surface area contributed by atoms with E-state index in [1.807, 2.05) is 6.07 Å². The van der Waals surface area contributed by atoms with E-state index in [9.17, 15) is 13.5 Å². The Labute approximate surface area is 126 Å². The molecule has 1 N–H and O–H groups in total. The van der Waals surface area contributed by atoms with E-state index < -0.39 is 15.6 Å². The van der Waals surface area contributed by atoms with Crippen molar-refractivity contribution in [3.8, 4) is 0 Å². The van der Waals surface area contributed by atoms with Crippen LogP contribution in [0.3, 0.4) is 0 Å². The zero-order valence-electron chi connectivity index (χ0n) is 12.3. The van der Waals surface area contributed by atoms with Crippen LogP contribution in [-0.2, 0) is 23.0 Å². The van der Waals surface area contributed by atoms with Crippen molar-refractivity contribution < 1.29 is 13.5 Å². The first-order chi connectivity index (χ1) is 9.86. The van der Waals surface area contributed by atoms with Crippen molar-refractivity contribution in [2.24, 2.45) is 0 Å². The summed E-state index contributed by atoms with van der Waals surface area (Å²) in [6.07, 6.45) is 2.70. The monoisotopic (exact) mass is 310 g/mol. The third-order valence-electron chi connectivity index (χ3n) is 4.49. The molecule has 116 valence electrons. The fraction of sp³-hybridized carbons (Fsp3) is 0.600. The highest BCUT2D eigenvalue weighted by molar-refractivity contribution is 7.88. The fourth-order valence-electron chi connectivity index (χ4n) is 3.34. The minimum atomic E-state index is -3.21. The van der Waals surface area contributed by atoms with Crippen LogP contribution in [0.15, 0.2) is 24.3 Å². The minimum Gasteiger partial charge on any atom is -0.387 e. The molecule has 1 atom stereocenters. The van der Waals surface area contributed by atoms with Crippen LogP contribution in [0.1, 0.15) is 17.5 Å². The maximum absolute atomic E-state index is 11.6. The fourth-order valence-corrected chi connectivity index (χ4v) is 4.23. The van der Waals surface area contributed by atoms with Crippen molar-refractivity contribution in [3.63, 3.8) is 0 Å². The number of sulfonamides is 1. The van der Waals surface area contributed by atoms with E-state index in [0.717, 1.165) is 19.5 Å². The highest BCUT2D eigenvalue weighted by Gasteiger charge is 2.41. The molecule has 2 aliphatic heterocycles. The van der Waals surface area contributed by atoms with Gasteiger partial charge in [-0.15, -0.1) is 0 Å². The molecule has 0 saturated carbocycles. The van der Waals surface area contributed by atoms with Gasteiger partial charge < -0.3 is 5.11 Å². The van der Waals surface area contributed by atoms with Crippen LogP contribution < -0.4 is 0 Å². The smallest absolute Gasteiger partial charge is 0.211 e. The SMILES string of the molecule is CS(=O)(=O)N1CCC(O)(CN2CCc3ccccc3C2)C1. The largest absolute Gasteiger partial charge is 0.387 e. The second-order valence-corrected chi connectivity index (χ2v) is 8.28. The van der Waals surface area contributed by atoms with E-state index in [2.05, 4.69) is 23.1 Å². The minimum absolute atomic E-state index is 0.212. The summed E-state index contributed by atoms with van der Waals surface area (Å²) in [5.74, 6) is 0. The highest BCUT2D eigenvalue weighted by atomic mass is 32.2. The Morgan fingerprint density at radius 2 is 1.95 bits per heavy atom. The lowest BCUT2D eigenvalue weighted by Crippen LogP contribution is -2.47. The number of nitrogens with zero attached hydrogens (tertiary/aromatic N) is 2. The van der Waals surface area contributed by atoms with Gasteiger partial charge in [0, 0.05) is 32.7 Å². The molecule has 1 aromatic rings. The lowest BCUT2D eigenvalue weighted by molar-refractivity contribution is 0.0127. The summed E-state index contributed by atoms with van der Waals surface area (Å²) in [4.78, 5) is 2.23. The number of β-amino-alcohol motifs (C(OH)–C–C–N with tert-alkyl or cyclic N) is 1. The molecule has 1 fully saturated rings. The molecule has 5 nitrogen and oxygen atoms in total. The average Bonchev–Trinajstić information content (AvgIpc) is 2.81. The molecule has 21 heavy (non-hydrogen) atoms. The summed E-state index contributed by atoms with van der Waals surface area (Å²) >= 11 is 0. The molecule has 1 aromatic carbocycles. The van der Waals surface area contributed by atoms with Gasteiger partial charge in [0.05, 0.1) is 11.9 Å². The van der Waals surface area contributed by atoms with Crippen molar-refractivity contribution in [3.05, 3.63) is 35.4 Å². The molecule has 3 rings (SSSR count). The molecule has 2 heterocycles. The number of aliphatic hydroxyl groups is 1. The van der Waals surface area contributed by atoms with E-state index in [-0.39, 0.29) is 6.54 Å². The van der Waals surface area contributed by atoms with Gasteiger partial charge in [-0.3, -0.25) is 4.90 Å². The molecule has 0 radical (unpaired) electrons. The van der Waals surface area contributed by atoms with E-state index >= 15 is 0 Å². The van der Waals surface area contributed by atoms with E-state index in [0.29, 0.717) is 19.5 Å². The molecule has 0 amide bonds. The molecule has 2 aliphatic rings. The summed E-state index contributed by atoms with van der Waals surface area (Å²) in [6, 6.07) is 8.38. The van der Waals surface area contributed by atoms with Gasteiger partial charge in [-0.2, -0.15) is 4.31 Å². The summed E-state index contributed by atoms with van der Waals surface area (Å²) in [5.41, 5.74) is 1.77. The lowest BCUT2D eigenvalue weighted by atomic mass is 9.97. The van der Waals surface area contributed by atoms with Crippen molar-refractivity contribution in [2.75, 3.05) is 32.4 Å². The standard InChI is InChI=1S/C15H22N2O3S/c1-21(19,20)17-9-7-15(18,12-17)11-16-8-6-13-4-2-3-5-14(13)10-16/h2-5,18H,6-12H2,1H3. The Hall–Kier alpha value is -0.950. The Bertz CT molecular complexity index is 632. The lowest BCUT2D eigenvalue weighted by Gasteiger charge is -2.34. The van der Waals surface area contributed by atoms with E-state index in [1.165, 1.54) is 21.7 Å². The molecular weight excluding hydrogens is 288 g/mol. The molecule has 0 spiro atoms. The summed E-state index contributed by atoms with van der Waals surface area (Å²) in [5, 5.41) is 10.7. The normalized spacial score (nSPS) is 27.7. The van der Waals surface area contributed by atoms with Gasteiger partial charge >= 0.3 is 0 Å². The Morgan fingerprint density at radius 1 is 1.24 bits per heavy atom. The van der Waals surface area contributed by atoms with Crippen LogP contribution in [0, 0.1) is 0 Å². The second-order valence-electron chi connectivity index (χ2n) is 6.30. The Kier molecular flexibility index (Phi) is 3.81. The summed E-state index contributed by atoms with van der Waals surface area (Å²) in [6.45, 7) is 2.91. The zero-order chi connectivity index (χ0) is 15.1. The van der Waals surface area contributed by atoms with Crippen LogP contribution >= 0.6 is 0 Å². The maximum Gasteiger partial charge on any atom is 0.211 e. The maximum atomic E-state index is 11.6. The number of rotatable bonds is 3. The van der Waals surface area contributed by atoms with Gasteiger partial charge in [-0.1, -0.05) is 24.3 Å². The molecule has 1 saturated heterocycles. The predicted molar refractivity (Wildman–Crippen MR) is 81.4 cm³/mol. The van der Waals surface area contributed by atoms with Crippen LogP contribution in [0.25, 0.3) is 0 Å². The van der Waals surface area contributed by atoms with Gasteiger partial charge in [0.25, 0.3) is 0 Å². The topological polar surface area (TPSA) is 60.9 Å². The van der Waals surface area contributed by atoms with Gasteiger partial charge in [-0.25, -0.2) is 8.42 Å². The first kappa shape index (κ1) is 15.0. The molecule has 0 bridgehead atoms. The van der Waals surface area contributed by atoms with Crippen molar-refractivity contribution >= 4 is 10.0 Å². The summed E-state index contributed by atoms with van der Waals surface area (Å²) < 4.78 is 24.5. The predicted octanol–water partition coefficient (Wildman–Crippen LogP) is 0.441. The van der Waals surface area contributed by atoms with Crippen LogP contribution in [0.2, 0.25) is 0 Å². The van der Waals surface area contributed by atoms with Gasteiger partial charge in [0.15, 0.2) is 0 Å². The van der Waals surface area contributed by atoms with Crippen LogP contribution in [0.5, 0.6) is 0 Å². The van der Waals surface area contributed by atoms with E-state index in [1.54, 1.807) is 0 Å². The molecule has 1 unspecified atom stereocenters. The molecule has 6 heteroatoms. The highest BCUT2D eigenvalue weighted by Crippen LogP contribution is 2.27. The number of hydrogen-bond donors (Lipinski definition) is 1. The van der Waals surface area contributed by atoms with Gasteiger partial charge in [-0.05, 0) is 24.0 Å². The molecule has 0 aromatic heterocycles. The van der Waals surface area contributed by atoms with Gasteiger partial charge in [0.1, 0.15) is 0 Å². The number of hydrogen-bond acceptors (Lipinski definition) is 4. The Balaban J connectivity index is 1.66. The number of fused-ring (bicyclic) bond motifs is 1. The van der Waals surface area contributed by atoms with Crippen molar-refractivity contribution in [1.82, 2.24) is 9.21 Å². The third-order valence-corrected chi connectivity index (χ3v) is 5.74. The second kappa shape index (κ2) is 5.35. The summed E-state index contributed by atoms with van der Waals surface area (Å²) in [7, 11) is -3.21. The average molecular weight is 310 g/mol. The Morgan fingerprint density at radius 3 is 2.62 bits per heavy atom. The van der Waals surface area contributed by atoms with Crippen molar-refractivity contribution in [1.29, 1.82) is 0 Å². The van der Waals surface area contributed by atoms with Crippen LogP contribution in [0.4, 0.5) is 0 Å². The zero-order valence-corrected chi connectivity index (χ0v) is 13.1. The van der Waals surface area contributed by atoms with E-state index in [4.69, 9.17) is 0 Å². The van der Waals surface area contributed by atoms with Crippen LogP contribution in [-0.4, -0.2) is 60.8 Å². The quantitative estimate of drug-likeness (QED) is 0.880. The molecule has 0 aliphatic carbocycles. The molecular formula is C15H22N2O3S. The number of benzene rings is 1. The van der Waals surface area contributed by atoms with Crippen molar-refractivity contribution in [2.45, 2.75) is 25.0 Å². The first-order valence-electron chi connectivity index (χ1n) is 7.32. The van der Waals surface area contributed by atoms with Gasteiger partial charge in [0.2, 0.25) is 10.0 Å². The third kappa shape index (κ3) is 3.29. The first-order valence-corrected chi connectivity index (χ1v) is 9.17.